The van der Waals surface area contributed by atoms with Crippen LogP contribution in [0.1, 0.15) is 26.7 Å². The Morgan fingerprint density at radius 1 is 1.50 bits per heavy atom. The molecule has 0 spiro atoms. The summed E-state index contributed by atoms with van der Waals surface area (Å²) in [7, 11) is 3.97. The van der Waals surface area contributed by atoms with Gasteiger partial charge in [0.05, 0.1) is 10.9 Å². The van der Waals surface area contributed by atoms with Gasteiger partial charge in [-0.2, -0.15) is 0 Å². The average Bonchev–Trinajstić information content (AvgIpc) is 2.26. The summed E-state index contributed by atoms with van der Waals surface area (Å²) in [5.41, 5.74) is 5.71. The predicted octanol–water partition coefficient (Wildman–Crippen LogP) is 1.10. The SMILES string of the molecule is CC(C)C(C(=O)N(C)C1CCCN(C)C1)C(N)=S. The molecular weight excluding hydrogens is 246 g/mol. The highest BCUT2D eigenvalue weighted by molar-refractivity contribution is 7.80. The van der Waals surface area contributed by atoms with Crippen molar-refractivity contribution >= 4 is 23.1 Å². The van der Waals surface area contributed by atoms with Gasteiger partial charge in [0.25, 0.3) is 0 Å². The van der Waals surface area contributed by atoms with Gasteiger partial charge in [-0.25, -0.2) is 0 Å². The van der Waals surface area contributed by atoms with E-state index in [2.05, 4.69) is 11.9 Å². The molecule has 0 saturated carbocycles. The summed E-state index contributed by atoms with van der Waals surface area (Å²) in [5.74, 6) is -0.117. The van der Waals surface area contributed by atoms with E-state index in [1.807, 2.05) is 25.8 Å². The summed E-state index contributed by atoms with van der Waals surface area (Å²) in [6, 6.07) is 0.284. The molecule has 104 valence electrons. The lowest BCUT2D eigenvalue weighted by Crippen LogP contribution is -2.51. The molecule has 0 aliphatic carbocycles. The zero-order valence-corrected chi connectivity index (χ0v) is 12.7. The average molecular weight is 271 g/mol. The first-order chi connectivity index (χ1) is 8.34. The molecule has 1 saturated heterocycles. The molecule has 2 N–H and O–H groups in total. The normalized spacial score (nSPS) is 22.8. The van der Waals surface area contributed by atoms with Crippen molar-refractivity contribution in [2.24, 2.45) is 17.6 Å². The summed E-state index contributed by atoms with van der Waals surface area (Å²) in [5, 5.41) is 0. The lowest BCUT2D eigenvalue weighted by atomic mass is 9.93. The summed E-state index contributed by atoms with van der Waals surface area (Å²) in [6.07, 6.45) is 2.20. The highest BCUT2D eigenvalue weighted by Crippen LogP contribution is 2.19. The minimum atomic E-state index is -0.336. The molecule has 0 radical (unpaired) electrons. The molecule has 1 fully saturated rings. The number of likely N-dealkylation sites (tertiary alicyclic amines) is 1. The second-order valence-corrected chi connectivity index (χ2v) is 6.10. The van der Waals surface area contributed by atoms with Crippen LogP contribution >= 0.6 is 12.2 Å². The molecule has 1 aliphatic heterocycles. The molecule has 18 heavy (non-hydrogen) atoms. The molecule has 1 aliphatic rings. The van der Waals surface area contributed by atoms with Gasteiger partial charge in [0.1, 0.15) is 0 Å². The Bertz CT molecular complexity index is 319. The lowest BCUT2D eigenvalue weighted by molar-refractivity contribution is -0.136. The number of carbonyl (C=O) groups is 1. The van der Waals surface area contributed by atoms with Crippen molar-refractivity contribution in [3.8, 4) is 0 Å². The Morgan fingerprint density at radius 3 is 2.56 bits per heavy atom. The molecule has 1 amide bonds. The third-order valence-electron chi connectivity index (χ3n) is 3.73. The Kier molecular flexibility index (Phi) is 5.53. The maximum atomic E-state index is 12.5. The van der Waals surface area contributed by atoms with Crippen molar-refractivity contribution in [1.29, 1.82) is 0 Å². The third kappa shape index (κ3) is 3.65. The highest BCUT2D eigenvalue weighted by Gasteiger charge is 2.32. The first kappa shape index (κ1) is 15.4. The second-order valence-electron chi connectivity index (χ2n) is 5.63. The minimum Gasteiger partial charge on any atom is -0.393 e. The minimum absolute atomic E-state index is 0.0674. The van der Waals surface area contributed by atoms with E-state index >= 15 is 0 Å². The van der Waals surface area contributed by atoms with E-state index in [4.69, 9.17) is 18.0 Å². The summed E-state index contributed by atoms with van der Waals surface area (Å²) < 4.78 is 0. The standard InChI is InChI=1S/C13H25N3OS/c1-9(2)11(12(14)18)13(17)16(4)10-6-5-7-15(3)8-10/h9-11H,5-8H2,1-4H3,(H2,14,18). The van der Waals surface area contributed by atoms with E-state index in [1.54, 1.807) is 0 Å². The van der Waals surface area contributed by atoms with Gasteiger partial charge < -0.3 is 15.5 Å². The van der Waals surface area contributed by atoms with Gasteiger partial charge in [-0.05, 0) is 32.4 Å². The molecule has 2 atom stereocenters. The predicted molar refractivity (Wildman–Crippen MR) is 78.4 cm³/mol. The van der Waals surface area contributed by atoms with Gasteiger partial charge in [-0.1, -0.05) is 26.1 Å². The number of hydrogen-bond acceptors (Lipinski definition) is 3. The van der Waals surface area contributed by atoms with Gasteiger partial charge in [-0.3, -0.25) is 4.79 Å². The number of rotatable bonds is 4. The first-order valence-electron chi connectivity index (χ1n) is 6.59. The largest absolute Gasteiger partial charge is 0.393 e. The number of nitrogens with zero attached hydrogens (tertiary/aromatic N) is 2. The second kappa shape index (κ2) is 6.48. The number of likely N-dealkylation sites (N-methyl/N-ethyl adjacent to an activating group) is 2. The van der Waals surface area contributed by atoms with Gasteiger partial charge >= 0.3 is 0 Å². The maximum absolute atomic E-state index is 12.5. The fourth-order valence-electron chi connectivity index (χ4n) is 2.59. The molecule has 1 rings (SSSR count). The highest BCUT2D eigenvalue weighted by atomic mass is 32.1. The van der Waals surface area contributed by atoms with E-state index in [0.29, 0.717) is 4.99 Å². The fraction of sp³-hybridized carbons (Fsp3) is 0.846. The van der Waals surface area contributed by atoms with E-state index < -0.39 is 0 Å². The van der Waals surface area contributed by atoms with Crippen molar-refractivity contribution in [1.82, 2.24) is 9.80 Å². The summed E-state index contributed by atoms with van der Waals surface area (Å²) >= 11 is 5.03. The van der Waals surface area contributed by atoms with Crippen molar-refractivity contribution in [3.63, 3.8) is 0 Å². The quantitative estimate of drug-likeness (QED) is 0.778. The molecule has 0 bridgehead atoms. The van der Waals surface area contributed by atoms with E-state index in [0.717, 1.165) is 25.9 Å². The number of hydrogen-bond donors (Lipinski definition) is 1. The van der Waals surface area contributed by atoms with E-state index in [9.17, 15) is 4.79 Å². The molecule has 5 heteroatoms. The zero-order chi connectivity index (χ0) is 13.9. The van der Waals surface area contributed by atoms with Crippen molar-refractivity contribution in [3.05, 3.63) is 0 Å². The zero-order valence-electron chi connectivity index (χ0n) is 11.8. The molecule has 2 unspecified atom stereocenters. The van der Waals surface area contributed by atoms with Crippen LogP contribution in [0.3, 0.4) is 0 Å². The van der Waals surface area contributed by atoms with Gasteiger partial charge in [0, 0.05) is 19.6 Å². The Balaban J connectivity index is 2.72. The van der Waals surface area contributed by atoms with Crippen LogP contribution in [0, 0.1) is 11.8 Å². The molecule has 0 aromatic carbocycles. The van der Waals surface area contributed by atoms with E-state index in [1.165, 1.54) is 0 Å². The van der Waals surface area contributed by atoms with Crippen LogP contribution in [0.25, 0.3) is 0 Å². The van der Waals surface area contributed by atoms with Crippen LogP contribution in [0.2, 0.25) is 0 Å². The summed E-state index contributed by atoms with van der Waals surface area (Å²) in [4.78, 5) is 16.9. The number of thiocarbonyl (C=S) groups is 1. The monoisotopic (exact) mass is 271 g/mol. The maximum Gasteiger partial charge on any atom is 0.232 e. The molecule has 0 aromatic heterocycles. The van der Waals surface area contributed by atoms with Crippen LogP contribution in [0.15, 0.2) is 0 Å². The Labute approximate surface area is 115 Å². The molecule has 4 nitrogen and oxygen atoms in total. The van der Waals surface area contributed by atoms with Crippen LogP contribution < -0.4 is 5.73 Å². The smallest absolute Gasteiger partial charge is 0.232 e. The van der Waals surface area contributed by atoms with Crippen LogP contribution in [-0.2, 0) is 4.79 Å². The molecule has 0 aromatic rings. The topological polar surface area (TPSA) is 49.6 Å². The number of amides is 1. The van der Waals surface area contributed by atoms with Crippen LogP contribution in [0.5, 0.6) is 0 Å². The van der Waals surface area contributed by atoms with Gasteiger partial charge in [0.2, 0.25) is 5.91 Å². The van der Waals surface area contributed by atoms with Gasteiger partial charge in [0.15, 0.2) is 0 Å². The molecule has 1 heterocycles. The van der Waals surface area contributed by atoms with E-state index in [-0.39, 0.29) is 23.8 Å². The van der Waals surface area contributed by atoms with Crippen molar-refractivity contribution < 1.29 is 4.79 Å². The van der Waals surface area contributed by atoms with Crippen molar-refractivity contribution in [2.75, 3.05) is 27.2 Å². The van der Waals surface area contributed by atoms with Crippen molar-refractivity contribution in [2.45, 2.75) is 32.7 Å². The van der Waals surface area contributed by atoms with Crippen LogP contribution in [0.4, 0.5) is 0 Å². The Hall–Kier alpha value is -0.680. The Morgan fingerprint density at radius 2 is 2.11 bits per heavy atom. The summed E-state index contributed by atoms with van der Waals surface area (Å²) in [6.45, 7) is 6.02. The number of nitrogens with two attached hydrogens (primary N) is 1. The fourth-order valence-corrected chi connectivity index (χ4v) is 2.96. The number of piperidine rings is 1. The third-order valence-corrected chi connectivity index (χ3v) is 3.99. The molecular formula is C13H25N3OS. The van der Waals surface area contributed by atoms with Gasteiger partial charge in [-0.15, -0.1) is 0 Å². The first-order valence-corrected chi connectivity index (χ1v) is 7.00. The lowest BCUT2D eigenvalue weighted by Gasteiger charge is -2.37. The number of carbonyl (C=O) groups excluding carboxylic acids is 1. The van der Waals surface area contributed by atoms with Crippen LogP contribution in [-0.4, -0.2) is 53.9 Å².